The molecule has 3 nitrogen and oxygen atoms in total. The molecule has 0 unspecified atom stereocenters. The van der Waals surface area contributed by atoms with Gasteiger partial charge in [0.1, 0.15) is 0 Å². The van der Waals surface area contributed by atoms with Crippen LogP contribution in [0.4, 0.5) is 0 Å². The van der Waals surface area contributed by atoms with E-state index in [-0.39, 0.29) is 6.04 Å². The lowest BCUT2D eigenvalue weighted by atomic mass is 9.96. The molecule has 60 valence electrons. The lowest BCUT2D eigenvalue weighted by Crippen LogP contribution is -2.61. The Bertz CT molecular complexity index is 112. The van der Waals surface area contributed by atoms with E-state index in [1.807, 2.05) is 13.8 Å². The molecule has 0 spiro atoms. The first-order valence-corrected chi connectivity index (χ1v) is 3.70. The molecule has 1 aliphatic rings. The predicted molar refractivity (Wildman–Crippen MR) is 40.7 cm³/mol. The van der Waals surface area contributed by atoms with Crippen molar-refractivity contribution < 1.29 is 5.11 Å². The van der Waals surface area contributed by atoms with Gasteiger partial charge >= 0.3 is 0 Å². The van der Waals surface area contributed by atoms with Crippen molar-refractivity contribution in [2.45, 2.75) is 25.5 Å². The van der Waals surface area contributed by atoms with Crippen LogP contribution in [0.25, 0.3) is 0 Å². The zero-order valence-electron chi connectivity index (χ0n) is 6.67. The van der Waals surface area contributed by atoms with Crippen molar-refractivity contribution in [3.05, 3.63) is 0 Å². The second-order valence-corrected chi connectivity index (χ2v) is 3.64. The number of nitrogens with zero attached hydrogens (tertiary/aromatic N) is 1. The van der Waals surface area contributed by atoms with E-state index in [2.05, 4.69) is 4.90 Å². The number of hydrogen-bond acceptors (Lipinski definition) is 3. The molecule has 0 aromatic carbocycles. The van der Waals surface area contributed by atoms with Gasteiger partial charge in [-0.2, -0.15) is 0 Å². The normalized spacial score (nSPS) is 27.6. The summed E-state index contributed by atoms with van der Waals surface area (Å²) in [5, 5.41) is 9.31. The van der Waals surface area contributed by atoms with Gasteiger partial charge < -0.3 is 10.8 Å². The Morgan fingerprint density at radius 3 is 2.50 bits per heavy atom. The van der Waals surface area contributed by atoms with Gasteiger partial charge in [-0.3, -0.25) is 4.90 Å². The van der Waals surface area contributed by atoms with Gasteiger partial charge in [0.15, 0.2) is 0 Å². The lowest BCUT2D eigenvalue weighted by molar-refractivity contribution is -0.0842. The maximum atomic E-state index is 9.31. The summed E-state index contributed by atoms with van der Waals surface area (Å²) in [6, 6.07) is 0.219. The van der Waals surface area contributed by atoms with Gasteiger partial charge in [-0.15, -0.1) is 0 Å². The SMILES string of the molecule is C[C@H](N)CN1CC(C)(O)C1. The van der Waals surface area contributed by atoms with Gasteiger partial charge in [-0.05, 0) is 13.8 Å². The Labute approximate surface area is 61.8 Å². The van der Waals surface area contributed by atoms with Crippen LogP contribution in [-0.4, -0.2) is 41.3 Å². The zero-order chi connectivity index (χ0) is 7.78. The average molecular weight is 144 g/mol. The van der Waals surface area contributed by atoms with Crippen molar-refractivity contribution in [3.63, 3.8) is 0 Å². The third-order valence-corrected chi connectivity index (χ3v) is 1.67. The summed E-state index contributed by atoms with van der Waals surface area (Å²) in [4.78, 5) is 2.16. The summed E-state index contributed by atoms with van der Waals surface area (Å²) in [5.74, 6) is 0. The fraction of sp³-hybridized carbons (Fsp3) is 1.00. The summed E-state index contributed by atoms with van der Waals surface area (Å²) >= 11 is 0. The molecule has 1 aliphatic heterocycles. The van der Waals surface area contributed by atoms with Gasteiger partial charge in [0.05, 0.1) is 5.60 Å². The third-order valence-electron chi connectivity index (χ3n) is 1.67. The molecular formula is C7H16N2O. The molecule has 0 saturated carbocycles. The minimum atomic E-state index is -0.450. The summed E-state index contributed by atoms with van der Waals surface area (Å²) in [7, 11) is 0. The quantitative estimate of drug-likeness (QED) is 0.544. The highest BCUT2D eigenvalue weighted by Gasteiger charge is 2.36. The molecule has 0 aromatic rings. The fourth-order valence-corrected chi connectivity index (χ4v) is 1.45. The van der Waals surface area contributed by atoms with Gasteiger partial charge in [-0.1, -0.05) is 0 Å². The van der Waals surface area contributed by atoms with Gasteiger partial charge in [-0.25, -0.2) is 0 Å². The van der Waals surface area contributed by atoms with Crippen LogP contribution in [0.2, 0.25) is 0 Å². The van der Waals surface area contributed by atoms with E-state index in [1.54, 1.807) is 0 Å². The Morgan fingerprint density at radius 1 is 1.70 bits per heavy atom. The molecule has 1 atom stereocenters. The first-order chi connectivity index (χ1) is 4.49. The molecule has 3 heteroatoms. The molecule has 0 aromatic heterocycles. The summed E-state index contributed by atoms with van der Waals surface area (Å²) in [6.45, 7) is 6.27. The smallest absolute Gasteiger partial charge is 0.0872 e. The molecule has 0 aliphatic carbocycles. The molecule has 0 radical (unpaired) electrons. The molecule has 1 fully saturated rings. The number of hydrogen-bond donors (Lipinski definition) is 2. The van der Waals surface area contributed by atoms with Crippen LogP contribution >= 0.6 is 0 Å². The first-order valence-electron chi connectivity index (χ1n) is 3.70. The first kappa shape index (κ1) is 7.98. The van der Waals surface area contributed by atoms with E-state index in [0.29, 0.717) is 0 Å². The molecule has 0 bridgehead atoms. The Morgan fingerprint density at radius 2 is 2.20 bits per heavy atom. The minimum absolute atomic E-state index is 0.219. The molecule has 3 N–H and O–H groups in total. The Kier molecular flexibility index (Phi) is 1.99. The Hall–Kier alpha value is -0.120. The molecule has 10 heavy (non-hydrogen) atoms. The number of likely N-dealkylation sites (tertiary alicyclic amines) is 1. The van der Waals surface area contributed by atoms with Gasteiger partial charge in [0.2, 0.25) is 0 Å². The van der Waals surface area contributed by atoms with Crippen LogP contribution in [0.15, 0.2) is 0 Å². The van der Waals surface area contributed by atoms with Gasteiger partial charge in [0.25, 0.3) is 0 Å². The van der Waals surface area contributed by atoms with E-state index < -0.39 is 5.60 Å². The average Bonchev–Trinajstić information content (AvgIpc) is 1.57. The number of rotatable bonds is 2. The molecule has 1 heterocycles. The third kappa shape index (κ3) is 1.94. The second-order valence-electron chi connectivity index (χ2n) is 3.64. The highest BCUT2D eigenvalue weighted by molar-refractivity contribution is 4.91. The maximum absolute atomic E-state index is 9.31. The number of β-amino-alcohol motifs (C(OH)–C–C–N with tert-alkyl or cyclic N) is 1. The summed E-state index contributed by atoms with van der Waals surface area (Å²) in [5.41, 5.74) is 5.12. The van der Waals surface area contributed by atoms with Gasteiger partial charge in [0, 0.05) is 25.7 Å². The predicted octanol–water partition coefficient (Wildman–Crippen LogP) is -0.600. The van der Waals surface area contributed by atoms with Crippen molar-refractivity contribution in [2.75, 3.05) is 19.6 Å². The highest BCUT2D eigenvalue weighted by atomic mass is 16.3. The molecule has 0 amide bonds. The number of aliphatic hydroxyl groups is 1. The monoisotopic (exact) mass is 144 g/mol. The lowest BCUT2D eigenvalue weighted by Gasteiger charge is -2.44. The van der Waals surface area contributed by atoms with Crippen LogP contribution in [0, 0.1) is 0 Å². The van der Waals surface area contributed by atoms with E-state index in [4.69, 9.17) is 5.73 Å². The second kappa shape index (κ2) is 2.49. The van der Waals surface area contributed by atoms with E-state index in [0.717, 1.165) is 19.6 Å². The molecule has 1 rings (SSSR count). The minimum Gasteiger partial charge on any atom is -0.388 e. The van der Waals surface area contributed by atoms with Crippen molar-refractivity contribution in [1.29, 1.82) is 0 Å². The summed E-state index contributed by atoms with van der Waals surface area (Å²) < 4.78 is 0. The molecular weight excluding hydrogens is 128 g/mol. The van der Waals surface area contributed by atoms with E-state index >= 15 is 0 Å². The maximum Gasteiger partial charge on any atom is 0.0872 e. The largest absolute Gasteiger partial charge is 0.388 e. The summed E-state index contributed by atoms with van der Waals surface area (Å²) in [6.07, 6.45) is 0. The van der Waals surface area contributed by atoms with Crippen molar-refractivity contribution >= 4 is 0 Å². The zero-order valence-corrected chi connectivity index (χ0v) is 6.67. The standard InChI is InChI=1S/C7H16N2O/c1-6(8)3-9-4-7(2,10)5-9/h6,10H,3-5,8H2,1-2H3/t6-/m0/s1. The molecule has 1 saturated heterocycles. The number of nitrogens with two attached hydrogens (primary N) is 1. The van der Waals surface area contributed by atoms with Crippen molar-refractivity contribution in [2.24, 2.45) is 5.73 Å². The van der Waals surface area contributed by atoms with Crippen molar-refractivity contribution in [1.82, 2.24) is 4.90 Å². The van der Waals surface area contributed by atoms with E-state index in [1.165, 1.54) is 0 Å². The highest BCUT2D eigenvalue weighted by Crippen LogP contribution is 2.18. The van der Waals surface area contributed by atoms with Crippen LogP contribution in [0.3, 0.4) is 0 Å². The van der Waals surface area contributed by atoms with Crippen LogP contribution < -0.4 is 5.73 Å². The Balaban J connectivity index is 2.15. The van der Waals surface area contributed by atoms with Crippen molar-refractivity contribution in [3.8, 4) is 0 Å². The topological polar surface area (TPSA) is 49.5 Å². The van der Waals surface area contributed by atoms with Crippen LogP contribution in [0.1, 0.15) is 13.8 Å². The fourth-order valence-electron chi connectivity index (χ4n) is 1.45. The van der Waals surface area contributed by atoms with E-state index in [9.17, 15) is 5.11 Å². The van der Waals surface area contributed by atoms with Crippen LogP contribution in [0.5, 0.6) is 0 Å². The van der Waals surface area contributed by atoms with Crippen LogP contribution in [-0.2, 0) is 0 Å².